The van der Waals surface area contributed by atoms with E-state index < -0.39 is 0 Å². The summed E-state index contributed by atoms with van der Waals surface area (Å²) in [5, 5.41) is 0. The minimum absolute atomic E-state index is 0.156. The molecule has 2 aliphatic rings. The normalized spacial score (nSPS) is 19.6. The van der Waals surface area contributed by atoms with E-state index in [9.17, 15) is 4.79 Å². The van der Waals surface area contributed by atoms with Crippen molar-refractivity contribution < 1.29 is 14.3 Å². The average molecular weight is 348 g/mol. The average Bonchev–Trinajstić information content (AvgIpc) is 2.64. The van der Waals surface area contributed by atoms with Gasteiger partial charge < -0.3 is 14.4 Å². The van der Waals surface area contributed by atoms with Gasteiger partial charge in [-0.2, -0.15) is 0 Å². The summed E-state index contributed by atoms with van der Waals surface area (Å²) >= 11 is 0. The summed E-state index contributed by atoms with van der Waals surface area (Å²) < 4.78 is 11.2. The summed E-state index contributed by atoms with van der Waals surface area (Å²) in [6.07, 6.45) is 9.63. The van der Waals surface area contributed by atoms with Crippen LogP contribution in [0.4, 0.5) is 5.82 Å². The number of carbonyl (C=O) groups excluding carboxylic acids is 1. The van der Waals surface area contributed by atoms with Crippen molar-refractivity contribution in [2.24, 2.45) is 0 Å². The van der Waals surface area contributed by atoms with E-state index in [1.807, 2.05) is 6.92 Å². The molecule has 2 fully saturated rings. The number of aromatic nitrogens is 2. The number of esters is 1. The number of hydrogen-bond donors (Lipinski definition) is 0. The highest BCUT2D eigenvalue weighted by Crippen LogP contribution is 2.28. The largest absolute Gasteiger partial charge is 0.472 e. The molecule has 1 aromatic heterocycles. The minimum atomic E-state index is -0.156. The molecule has 1 aliphatic carbocycles. The summed E-state index contributed by atoms with van der Waals surface area (Å²) in [5.41, 5.74) is 0. The molecule has 0 atom stereocenters. The Morgan fingerprint density at radius 1 is 1.12 bits per heavy atom. The highest BCUT2D eigenvalue weighted by molar-refractivity contribution is 5.71. The molecular formula is C18H28N4O3. The number of anilines is 1. The van der Waals surface area contributed by atoms with Gasteiger partial charge in [0.05, 0.1) is 13.2 Å². The van der Waals surface area contributed by atoms with Crippen molar-refractivity contribution in [1.29, 1.82) is 0 Å². The molecule has 0 amide bonds. The van der Waals surface area contributed by atoms with Gasteiger partial charge in [-0.15, -0.1) is 0 Å². The fourth-order valence-electron chi connectivity index (χ4n) is 3.47. The molecule has 0 bridgehead atoms. The van der Waals surface area contributed by atoms with Crippen LogP contribution in [0.3, 0.4) is 0 Å². The summed E-state index contributed by atoms with van der Waals surface area (Å²) in [7, 11) is 0. The quantitative estimate of drug-likeness (QED) is 0.727. The van der Waals surface area contributed by atoms with Crippen LogP contribution >= 0.6 is 0 Å². The van der Waals surface area contributed by atoms with Crippen molar-refractivity contribution in [2.75, 3.05) is 44.2 Å². The molecule has 7 heteroatoms. The van der Waals surface area contributed by atoms with Gasteiger partial charge in [-0.05, 0) is 32.6 Å². The van der Waals surface area contributed by atoms with Crippen LogP contribution in [-0.4, -0.2) is 66.3 Å². The Morgan fingerprint density at radius 2 is 1.84 bits per heavy atom. The standard InChI is InChI=1S/C18H28N4O3/c1-2-24-16(23)14-21-10-12-22(13-11-21)17-18(20-9-8-19-17)25-15-6-4-3-5-7-15/h8-9,15H,2-7,10-14H2,1H3. The van der Waals surface area contributed by atoms with Gasteiger partial charge in [-0.1, -0.05) is 6.42 Å². The van der Waals surface area contributed by atoms with Crippen LogP contribution in [0.1, 0.15) is 39.0 Å². The monoisotopic (exact) mass is 348 g/mol. The van der Waals surface area contributed by atoms with E-state index >= 15 is 0 Å². The molecule has 0 radical (unpaired) electrons. The zero-order valence-corrected chi connectivity index (χ0v) is 15.0. The molecular weight excluding hydrogens is 320 g/mol. The first-order chi connectivity index (χ1) is 12.3. The number of ether oxygens (including phenoxy) is 2. The van der Waals surface area contributed by atoms with Gasteiger partial charge in [-0.25, -0.2) is 9.97 Å². The summed E-state index contributed by atoms with van der Waals surface area (Å²) in [4.78, 5) is 24.9. The second-order valence-corrected chi connectivity index (χ2v) is 6.63. The van der Waals surface area contributed by atoms with Crippen molar-refractivity contribution in [1.82, 2.24) is 14.9 Å². The fraction of sp³-hybridized carbons (Fsp3) is 0.722. The van der Waals surface area contributed by atoms with Crippen LogP contribution in [-0.2, 0) is 9.53 Å². The third kappa shape index (κ3) is 5.04. The van der Waals surface area contributed by atoms with Crippen LogP contribution in [0.15, 0.2) is 12.4 Å². The number of nitrogens with zero attached hydrogens (tertiary/aromatic N) is 4. The van der Waals surface area contributed by atoms with Crippen molar-refractivity contribution in [3.05, 3.63) is 12.4 Å². The SMILES string of the molecule is CCOC(=O)CN1CCN(c2nccnc2OC2CCCCC2)CC1. The fourth-order valence-corrected chi connectivity index (χ4v) is 3.47. The lowest BCUT2D eigenvalue weighted by Crippen LogP contribution is -2.48. The first-order valence-corrected chi connectivity index (χ1v) is 9.37. The second kappa shape index (κ2) is 8.99. The molecule has 0 spiro atoms. The van der Waals surface area contributed by atoms with Gasteiger partial charge in [0, 0.05) is 38.6 Å². The third-order valence-corrected chi connectivity index (χ3v) is 4.81. The molecule has 1 saturated carbocycles. The van der Waals surface area contributed by atoms with Gasteiger partial charge >= 0.3 is 5.97 Å². The lowest BCUT2D eigenvalue weighted by molar-refractivity contribution is -0.144. The van der Waals surface area contributed by atoms with E-state index in [0.717, 1.165) is 44.8 Å². The van der Waals surface area contributed by atoms with E-state index in [0.29, 0.717) is 19.0 Å². The Labute approximate surface area is 149 Å². The third-order valence-electron chi connectivity index (χ3n) is 4.81. The maximum atomic E-state index is 11.6. The molecule has 1 saturated heterocycles. The molecule has 0 aromatic carbocycles. The number of rotatable bonds is 6. The van der Waals surface area contributed by atoms with E-state index in [2.05, 4.69) is 19.8 Å². The van der Waals surface area contributed by atoms with E-state index in [1.165, 1.54) is 19.3 Å². The van der Waals surface area contributed by atoms with Gasteiger partial charge in [-0.3, -0.25) is 9.69 Å². The van der Waals surface area contributed by atoms with Crippen molar-refractivity contribution in [3.63, 3.8) is 0 Å². The Morgan fingerprint density at radius 3 is 2.56 bits per heavy atom. The minimum Gasteiger partial charge on any atom is -0.472 e. The zero-order valence-electron chi connectivity index (χ0n) is 15.0. The molecule has 1 aliphatic heterocycles. The molecule has 138 valence electrons. The number of hydrogen-bond acceptors (Lipinski definition) is 7. The smallest absolute Gasteiger partial charge is 0.320 e. The van der Waals surface area contributed by atoms with Crippen LogP contribution in [0.25, 0.3) is 0 Å². The Hall–Kier alpha value is -1.89. The van der Waals surface area contributed by atoms with Gasteiger partial charge in [0.1, 0.15) is 6.10 Å². The van der Waals surface area contributed by atoms with Crippen LogP contribution in [0, 0.1) is 0 Å². The lowest BCUT2D eigenvalue weighted by atomic mass is 9.98. The maximum absolute atomic E-state index is 11.6. The second-order valence-electron chi connectivity index (χ2n) is 6.63. The van der Waals surface area contributed by atoms with E-state index in [1.54, 1.807) is 12.4 Å². The molecule has 2 heterocycles. The number of piperazine rings is 1. The van der Waals surface area contributed by atoms with Crippen molar-refractivity contribution in [2.45, 2.75) is 45.1 Å². The summed E-state index contributed by atoms with van der Waals surface area (Å²) in [5.74, 6) is 1.31. The Kier molecular flexibility index (Phi) is 6.44. The zero-order chi connectivity index (χ0) is 17.5. The molecule has 3 rings (SSSR count). The van der Waals surface area contributed by atoms with Crippen molar-refractivity contribution >= 4 is 11.8 Å². The van der Waals surface area contributed by atoms with Crippen LogP contribution in [0.2, 0.25) is 0 Å². The van der Waals surface area contributed by atoms with Crippen molar-refractivity contribution in [3.8, 4) is 5.88 Å². The predicted molar refractivity (Wildman–Crippen MR) is 94.8 cm³/mol. The highest BCUT2D eigenvalue weighted by Gasteiger charge is 2.24. The van der Waals surface area contributed by atoms with Crippen LogP contribution in [0.5, 0.6) is 5.88 Å². The first kappa shape index (κ1) is 17.9. The lowest BCUT2D eigenvalue weighted by Gasteiger charge is -2.35. The topological polar surface area (TPSA) is 67.8 Å². The van der Waals surface area contributed by atoms with Gasteiger partial charge in [0.15, 0.2) is 5.82 Å². The summed E-state index contributed by atoms with van der Waals surface area (Å²) in [6.45, 7) is 5.83. The molecule has 25 heavy (non-hydrogen) atoms. The maximum Gasteiger partial charge on any atom is 0.320 e. The predicted octanol–water partition coefficient (Wildman–Crippen LogP) is 1.87. The molecule has 0 unspecified atom stereocenters. The molecule has 1 aromatic rings. The molecule has 7 nitrogen and oxygen atoms in total. The highest BCUT2D eigenvalue weighted by atomic mass is 16.5. The molecule has 0 N–H and O–H groups in total. The van der Waals surface area contributed by atoms with Gasteiger partial charge in [0.2, 0.25) is 0 Å². The Balaban J connectivity index is 1.56. The van der Waals surface area contributed by atoms with E-state index in [-0.39, 0.29) is 12.1 Å². The Bertz CT molecular complexity index is 555. The summed E-state index contributed by atoms with van der Waals surface area (Å²) in [6, 6.07) is 0. The van der Waals surface area contributed by atoms with E-state index in [4.69, 9.17) is 9.47 Å². The van der Waals surface area contributed by atoms with Crippen LogP contribution < -0.4 is 9.64 Å². The number of carbonyl (C=O) groups is 1. The first-order valence-electron chi connectivity index (χ1n) is 9.37. The van der Waals surface area contributed by atoms with Gasteiger partial charge in [0.25, 0.3) is 5.88 Å².